The largest absolute Gasteiger partial charge is 0.340 e. The smallest absolute Gasteiger partial charge is 0.274 e. The molecule has 3 heterocycles. The van der Waals surface area contributed by atoms with Gasteiger partial charge in [0, 0.05) is 23.8 Å². The average molecular weight is 276 g/mol. The van der Waals surface area contributed by atoms with Crippen LogP contribution in [0.2, 0.25) is 0 Å². The Kier molecular flexibility index (Phi) is 3.61. The molecule has 0 unspecified atom stereocenters. The molecule has 1 saturated heterocycles. The van der Waals surface area contributed by atoms with Crippen molar-refractivity contribution in [1.29, 1.82) is 0 Å². The van der Waals surface area contributed by atoms with E-state index in [4.69, 9.17) is 0 Å². The van der Waals surface area contributed by atoms with Crippen LogP contribution < -0.4 is 10.6 Å². The zero-order valence-corrected chi connectivity index (χ0v) is 11.3. The number of aromatic nitrogens is 2. The Balaban J connectivity index is 1.77. The molecule has 19 heavy (non-hydrogen) atoms. The normalized spacial score (nSPS) is 16.4. The first-order valence-corrected chi connectivity index (χ1v) is 7.31. The lowest BCUT2D eigenvalue weighted by molar-refractivity contribution is 0.101. The predicted octanol–water partition coefficient (Wildman–Crippen LogP) is 2.12. The molecule has 2 aromatic heterocycles. The summed E-state index contributed by atoms with van der Waals surface area (Å²) in [5.74, 6) is -0.0847. The highest BCUT2D eigenvalue weighted by Crippen LogP contribution is 2.22. The van der Waals surface area contributed by atoms with Gasteiger partial charge in [-0.25, -0.2) is 4.98 Å². The number of carbonyl (C=O) groups excluding carboxylic acids is 1. The molecule has 0 saturated carbocycles. The maximum Gasteiger partial charge on any atom is 0.274 e. The van der Waals surface area contributed by atoms with Gasteiger partial charge >= 0.3 is 0 Å². The van der Waals surface area contributed by atoms with Crippen LogP contribution in [0.3, 0.4) is 0 Å². The minimum absolute atomic E-state index is 0.0847. The molecule has 0 atom stereocenters. The molecule has 3 rings (SSSR count). The number of hydrogen-bond acceptors (Lipinski definition) is 4. The van der Waals surface area contributed by atoms with Crippen molar-refractivity contribution in [3.8, 4) is 0 Å². The van der Waals surface area contributed by atoms with E-state index in [9.17, 15) is 4.79 Å². The Labute approximate surface area is 115 Å². The van der Waals surface area contributed by atoms with E-state index in [1.807, 2.05) is 23.7 Å². The van der Waals surface area contributed by atoms with E-state index in [1.165, 1.54) is 11.3 Å². The summed E-state index contributed by atoms with van der Waals surface area (Å²) in [5.41, 5.74) is 0.710. The van der Waals surface area contributed by atoms with E-state index >= 15 is 0 Å². The first-order valence-electron chi connectivity index (χ1n) is 6.43. The molecule has 2 aromatic rings. The van der Waals surface area contributed by atoms with Crippen molar-refractivity contribution in [3.63, 3.8) is 0 Å². The lowest BCUT2D eigenvalue weighted by Gasteiger charge is -2.25. The zero-order chi connectivity index (χ0) is 13.1. The molecule has 1 aliphatic heterocycles. The summed E-state index contributed by atoms with van der Waals surface area (Å²) in [6, 6.07) is 4.21. The number of rotatable bonds is 3. The summed E-state index contributed by atoms with van der Waals surface area (Å²) in [5, 5.41) is 8.67. The van der Waals surface area contributed by atoms with E-state index in [0.717, 1.165) is 25.9 Å². The van der Waals surface area contributed by atoms with Crippen molar-refractivity contribution in [2.75, 3.05) is 18.4 Å². The summed E-state index contributed by atoms with van der Waals surface area (Å²) >= 11 is 1.43. The molecule has 1 fully saturated rings. The van der Waals surface area contributed by atoms with Gasteiger partial charge in [-0.1, -0.05) is 0 Å². The Morgan fingerprint density at radius 2 is 2.32 bits per heavy atom. The summed E-state index contributed by atoms with van der Waals surface area (Å²) in [6.45, 7) is 2.02. The number of hydrogen-bond donors (Lipinski definition) is 2. The van der Waals surface area contributed by atoms with Gasteiger partial charge < -0.3 is 9.88 Å². The third kappa shape index (κ3) is 2.69. The van der Waals surface area contributed by atoms with Crippen LogP contribution in [0.25, 0.3) is 0 Å². The van der Waals surface area contributed by atoms with Gasteiger partial charge in [-0.15, -0.1) is 11.3 Å². The number of thiazole rings is 1. The van der Waals surface area contributed by atoms with Gasteiger partial charge in [0.1, 0.15) is 5.69 Å². The SMILES string of the molecule is O=C(Nc1nccs1)c1cccn1C1CCNCC1. The lowest BCUT2D eigenvalue weighted by Crippen LogP contribution is -2.31. The molecular formula is C13H16N4OS. The minimum Gasteiger partial charge on any atom is -0.340 e. The highest BCUT2D eigenvalue weighted by Gasteiger charge is 2.20. The van der Waals surface area contributed by atoms with Crippen molar-refractivity contribution >= 4 is 22.4 Å². The van der Waals surface area contributed by atoms with Crippen LogP contribution >= 0.6 is 11.3 Å². The molecule has 0 bridgehead atoms. The molecule has 1 amide bonds. The van der Waals surface area contributed by atoms with Crippen LogP contribution in [0.1, 0.15) is 29.4 Å². The molecule has 0 radical (unpaired) electrons. The summed E-state index contributed by atoms with van der Waals surface area (Å²) in [7, 11) is 0. The molecular weight excluding hydrogens is 260 g/mol. The number of nitrogens with one attached hydrogen (secondary N) is 2. The van der Waals surface area contributed by atoms with Gasteiger partial charge in [-0.3, -0.25) is 10.1 Å². The highest BCUT2D eigenvalue weighted by atomic mass is 32.1. The van der Waals surface area contributed by atoms with Crippen LogP contribution in [0.15, 0.2) is 29.9 Å². The Bertz CT molecular complexity index is 543. The number of nitrogens with zero attached hydrogens (tertiary/aromatic N) is 2. The van der Waals surface area contributed by atoms with Crippen LogP contribution in [0.5, 0.6) is 0 Å². The second kappa shape index (κ2) is 5.54. The maximum absolute atomic E-state index is 12.3. The Morgan fingerprint density at radius 3 is 3.05 bits per heavy atom. The van der Waals surface area contributed by atoms with Crippen LogP contribution in [0, 0.1) is 0 Å². The zero-order valence-electron chi connectivity index (χ0n) is 10.5. The van der Waals surface area contributed by atoms with Gasteiger partial charge in [0.2, 0.25) is 0 Å². The summed E-state index contributed by atoms with van der Waals surface area (Å²) in [4.78, 5) is 16.3. The van der Waals surface area contributed by atoms with Crippen LogP contribution in [-0.2, 0) is 0 Å². The Morgan fingerprint density at radius 1 is 1.47 bits per heavy atom. The molecule has 2 N–H and O–H groups in total. The lowest BCUT2D eigenvalue weighted by atomic mass is 10.1. The fraction of sp³-hybridized carbons (Fsp3) is 0.385. The second-order valence-corrected chi connectivity index (χ2v) is 5.47. The molecule has 0 spiro atoms. The quantitative estimate of drug-likeness (QED) is 0.903. The van der Waals surface area contributed by atoms with Gasteiger partial charge in [0.15, 0.2) is 5.13 Å². The van der Waals surface area contributed by atoms with Gasteiger partial charge in [-0.05, 0) is 38.1 Å². The predicted molar refractivity (Wildman–Crippen MR) is 75.6 cm³/mol. The fourth-order valence-corrected chi connectivity index (χ4v) is 2.96. The third-order valence-corrected chi connectivity index (χ3v) is 4.05. The molecule has 0 aromatic carbocycles. The molecule has 6 heteroatoms. The van der Waals surface area contributed by atoms with Crippen molar-refractivity contribution < 1.29 is 4.79 Å². The van der Waals surface area contributed by atoms with E-state index in [0.29, 0.717) is 16.9 Å². The van der Waals surface area contributed by atoms with Gasteiger partial charge in [0.25, 0.3) is 5.91 Å². The number of anilines is 1. The van der Waals surface area contributed by atoms with Gasteiger partial charge in [0.05, 0.1) is 0 Å². The molecule has 1 aliphatic rings. The van der Waals surface area contributed by atoms with E-state index in [-0.39, 0.29) is 5.91 Å². The monoisotopic (exact) mass is 276 g/mol. The van der Waals surface area contributed by atoms with Gasteiger partial charge in [-0.2, -0.15) is 0 Å². The topological polar surface area (TPSA) is 59.0 Å². The van der Waals surface area contributed by atoms with Crippen molar-refractivity contribution in [1.82, 2.24) is 14.9 Å². The Hall–Kier alpha value is -1.66. The molecule has 0 aliphatic carbocycles. The van der Waals surface area contributed by atoms with Crippen LogP contribution in [-0.4, -0.2) is 28.5 Å². The van der Waals surface area contributed by atoms with E-state index in [2.05, 4.69) is 20.2 Å². The minimum atomic E-state index is -0.0847. The maximum atomic E-state index is 12.3. The van der Waals surface area contributed by atoms with Crippen molar-refractivity contribution in [3.05, 3.63) is 35.6 Å². The molecule has 5 nitrogen and oxygen atoms in total. The van der Waals surface area contributed by atoms with Crippen molar-refractivity contribution in [2.45, 2.75) is 18.9 Å². The van der Waals surface area contributed by atoms with Crippen molar-refractivity contribution in [2.24, 2.45) is 0 Å². The molecule has 100 valence electrons. The standard InChI is InChI=1S/C13H16N4OS/c18-12(16-13-15-7-9-19-13)11-2-1-8-17(11)10-3-5-14-6-4-10/h1-2,7-10,14H,3-6H2,(H,15,16,18). The highest BCUT2D eigenvalue weighted by molar-refractivity contribution is 7.13. The first-order chi connectivity index (χ1) is 9.34. The first kappa shape index (κ1) is 12.4. The summed E-state index contributed by atoms with van der Waals surface area (Å²) < 4.78 is 2.09. The average Bonchev–Trinajstić information content (AvgIpc) is 3.10. The van der Waals surface area contributed by atoms with E-state index in [1.54, 1.807) is 6.20 Å². The number of piperidine rings is 1. The fourth-order valence-electron chi connectivity index (χ4n) is 2.44. The number of carbonyl (C=O) groups is 1. The van der Waals surface area contributed by atoms with E-state index < -0.39 is 0 Å². The number of amides is 1. The van der Waals surface area contributed by atoms with Crippen LogP contribution in [0.4, 0.5) is 5.13 Å². The second-order valence-electron chi connectivity index (χ2n) is 4.57. The summed E-state index contributed by atoms with van der Waals surface area (Å²) in [6.07, 6.45) is 5.80. The third-order valence-electron chi connectivity index (χ3n) is 3.37.